The molecule has 1 heterocycles. The van der Waals surface area contributed by atoms with E-state index in [1.807, 2.05) is 26.0 Å². The molecule has 0 spiro atoms. The van der Waals surface area contributed by atoms with Crippen LogP contribution in [0.3, 0.4) is 0 Å². The van der Waals surface area contributed by atoms with Crippen LogP contribution in [0.2, 0.25) is 0 Å². The fourth-order valence-corrected chi connectivity index (χ4v) is 2.70. The SMILES string of the molecule is Cc1cc(/C=C(\C#N)C(=O)Nc2ccc(F)cc2F)c(C)n1CC(C)C. The van der Waals surface area contributed by atoms with Gasteiger partial charge < -0.3 is 9.88 Å². The van der Waals surface area contributed by atoms with Gasteiger partial charge in [-0.25, -0.2) is 8.78 Å². The van der Waals surface area contributed by atoms with E-state index in [9.17, 15) is 18.8 Å². The molecule has 26 heavy (non-hydrogen) atoms. The van der Waals surface area contributed by atoms with Crippen molar-refractivity contribution in [3.63, 3.8) is 0 Å². The minimum Gasteiger partial charge on any atom is -0.348 e. The van der Waals surface area contributed by atoms with Crippen molar-refractivity contribution in [1.82, 2.24) is 4.57 Å². The van der Waals surface area contributed by atoms with Gasteiger partial charge in [-0.15, -0.1) is 0 Å². The van der Waals surface area contributed by atoms with Gasteiger partial charge in [0.05, 0.1) is 5.69 Å². The van der Waals surface area contributed by atoms with E-state index in [1.165, 1.54) is 6.08 Å². The molecule has 1 amide bonds. The van der Waals surface area contributed by atoms with Gasteiger partial charge in [-0.3, -0.25) is 4.79 Å². The summed E-state index contributed by atoms with van der Waals surface area (Å²) in [6.45, 7) is 8.94. The maximum absolute atomic E-state index is 13.7. The normalized spacial score (nSPS) is 11.5. The van der Waals surface area contributed by atoms with Crippen molar-refractivity contribution in [2.24, 2.45) is 5.92 Å². The molecule has 0 fully saturated rings. The van der Waals surface area contributed by atoms with Gasteiger partial charge in [0.2, 0.25) is 0 Å². The molecule has 0 saturated carbocycles. The number of carbonyl (C=O) groups excluding carboxylic acids is 1. The molecule has 0 unspecified atom stereocenters. The Balaban J connectivity index is 2.30. The molecule has 2 rings (SSSR count). The van der Waals surface area contributed by atoms with E-state index in [-0.39, 0.29) is 11.3 Å². The molecule has 0 aliphatic carbocycles. The van der Waals surface area contributed by atoms with Crippen LogP contribution in [-0.2, 0) is 11.3 Å². The number of hydrogen-bond acceptors (Lipinski definition) is 2. The number of aryl methyl sites for hydroxylation is 1. The molecule has 0 aliphatic rings. The van der Waals surface area contributed by atoms with Crippen LogP contribution in [0, 0.1) is 42.7 Å². The largest absolute Gasteiger partial charge is 0.348 e. The van der Waals surface area contributed by atoms with Crippen molar-refractivity contribution in [1.29, 1.82) is 5.26 Å². The van der Waals surface area contributed by atoms with Gasteiger partial charge in [0, 0.05) is 24.0 Å². The highest BCUT2D eigenvalue weighted by molar-refractivity contribution is 6.09. The third-order valence-corrected chi connectivity index (χ3v) is 4.00. The van der Waals surface area contributed by atoms with Crippen LogP contribution in [-0.4, -0.2) is 10.5 Å². The number of halogens is 2. The molecular weight excluding hydrogens is 336 g/mol. The predicted octanol–water partition coefficient (Wildman–Crippen LogP) is 4.58. The number of benzene rings is 1. The van der Waals surface area contributed by atoms with E-state index in [1.54, 1.807) is 0 Å². The Bertz CT molecular complexity index is 905. The van der Waals surface area contributed by atoms with Crippen molar-refractivity contribution in [3.05, 3.63) is 58.4 Å². The zero-order valence-corrected chi connectivity index (χ0v) is 15.2. The lowest BCUT2D eigenvalue weighted by Crippen LogP contribution is -2.14. The lowest BCUT2D eigenvalue weighted by atomic mass is 10.1. The monoisotopic (exact) mass is 357 g/mol. The Labute approximate surface area is 151 Å². The second kappa shape index (κ2) is 7.96. The van der Waals surface area contributed by atoms with Crippen molar-refractivity contribution in [2.45, 2.75) is 34.2 Å². The molecule has 0 saturated heterocycles. The lowest BCUT2D eigenvalue weighted by molar-refractivity contribution is -0.112. The summed E-state index contributed by atoms with van der Waals surface area (Å²) in [4.78, 5) is 12.3. The van der Waals surface area contributed by atoms with Gasteiger partial charge in [-0.2, -0.15) is 5.26 Å². The smallest absolute Gasteiger partial charge is 0.266 e. The number of nitriles is 1. The summed E-state index contributed by atoms with van der Waals surface area (Å²) in [7, 11) is 0. The third-order valence-electron chi connectivity index (χ3n) is 4.00. The summed E-state index contributed by atoms with van der Waals surface area (Å²) in [5.74, 6) is -1.93. The molecule has 0 bridgehead atoms. The summed E-state index contributed by atoms with van der Waals surface area (Å²) in [5.41, 5.74) is 2.41. The Kier molecular flexibility index (Phi) is 5.93. The molecule has 0 radical (unpaired) electrons. The fourth-order valence-electron chi connectivity index (χ4n) is 2.70. The lowest BCUT2D eigenvalue weighted by Gasteiger charge is -2.12. The average Bonchev–Trinajstić information content (AvgIpc) is 2.82. The van der Waals surface area contributed by atoms with Crippen LogP contribution >= 0.6 is 0 Å². The van der Waals surface area contributed by atoms with Crippen LogP contribution in [0.25, 0.3) is 6.08 Å². The minimum absolute atomic E-state index is 0.154. The maximum Gasteiger partial charge on any atom is 0.266 e. The molecular formula is C20H21F2N3O. The van der Waals surface area contributed by atoms with Gasteiger partial charge in [0.25, 0.3) is 5.91 Å². The number of nitrogens with one attached hydrogen (secondary N) is 1. The standard InChI is InChI=1S/C20H21F2N3O/c1-12(2)11-25-13(3)7-15(14(25)4)8-16(10-23)20(26)24-19-6-5-17(21)9-18(19)22/h5-9,12H,11H2,1-4H3,(H,24,26)/b16-8+. The van der Waals surface area contributed by atoms with Crippen LogP contribution in [0.15, 0.2) is 29.8 Å². The van der Waals surface area contributed by atoms with Gasteiger partial charge in [-0.1, -0.05) is 13.8 Å². The fraction of sp³-hybridized carbons (Fsp3) is 0.300. The Hall–Kier alpha value is -2.94. The number of rotatable bonds is 5. The minimum atomic E-state index is -0.897. The zero-order valence-electron chi connectivity index (χ0n) is 15.2. The number of anilines is 1. The van der Waals surface area contributed by atoms with Crippen molar-refractivity contribution >= 4 is 17.7 Å². The summed E-state index contributed by atoms with van der Waals surface area (Å²) < 4.78 is 28.8. The van der Waals surface area contributed by atoms with E-state index in [2.05, 4.69) is 23.7 Å². The number of amides is 1. The number of hydrogen-bond donors (Lipinski definition) is 1. The predicted molar refractivity (Wildman–Crippen MR) is 97.3 cm³/mol. The molecule has 0 aliphatic heterocycles. The molecule has 4 nitrogen and oxygen atoms in total. The first kappa shape index (κ1) is 19.4. The topological polar surface area (TPSA) is 57.8 Å². The van der Waals surface area contributed by atoms with Gasteiger partial charge in [-0.05, 0) is 49.6 Å². The quantitative estimate of drug-likeness (QED) is 0.629. The summed E-state index contributed by atoms with van der Waals surface area (Å²) >= 11 is 0. The molecule has 136 valence electrons. The van der Waals surface area contributed by atoms with Gasteiger partial charge in [0.15, 0.2) is 0 Å². The van der Waals surface area contributed by atoms with E-state index in [0.717, 1.165) is 35.6 Å². The van der Waals surface area contributed by atoms with Crippen LogP contribution < -0.4 is 5.32 Å². The maximum atomic E-state index is 13.7. The molecule has 6 heteroatoms. The number of carbonyl (C=O) groups is 1. The molecule has 1 aromatic carbocycles. The second-order valence-electron chi connectivity index (χ2n) is 6.58. The highest BCUT2D eigenvalue weighted by Gasteiger charge is 2.15. The highest BCUT2D eigenvalue weighted by atomic mass is 19.1. The Morgan fingerprint density at radius 3 is 2.58 bits per heavy atom. The van der Waals surface area contributed by atoms with E-state index < -0.39 is 17.5 Å². The summed E-state index contributed by atoms with van der Waals surface area (Å²) in [6.07, 6.45) is 1.48. The summed E-state index contributed by atoms with van der Waals surface area (Å²) in [6, 6.07) is 6.57. The van der Waals surface area contributed by atoms with E-state index >= 15 is 0 Å². The first-order valence-electron chi connectivity index (χ1n) is 8.27. The molecule has 1 aromatic heterocycles. The number of nitrogens with zero attached hydrogens (tertiary/aromatic N) is 2. The van der Waals surface area contributed by atoms with Crippen LogP contribution in [0.1, 0.15) is 30.8 Å². The third kappa shape index (κ3) is 4.37. The zero-order chi connectivity index (χ0) is 19.4. The van der Waals surface area contributed by atoms with Gasteiger partial charge in [0.1, 0.15) is 23.3 Å². The molecule has 0 atom stereocenters. The number of aromatic nitrogens is 1. The van der Waals surface area contributed by atoms with Crippen LogP contribution in [0.5, 0.6) is 0 Å². The first-order chi connectivity index (χ1) is 12.2. The summed E-state index contributed by atoms with van der Waals surface area (Å²) in [5, 5.41) is 11.6. The van der Waals surface area contributed by atoms with Gasteiger partial charge >= 0.3 is 0 Å². The van der Waals surface area contributed by atoms with Crippen molar-refractivity contribution in [2.75, 3.05) is 5.32 Å². The van der Waals surface area contributed by atoms with Crippen LogP contribution in [0.4, 0.5) is 14.5 Å². The van der Waals surface area contributed by atoms with E-state index in [4.69, 9.17) is 0 Å². The van der Waals surface area contributed by atoms with Crippen molar-refractivity contribution < 1.29 is 13.6 Å². The highest BCUT2D eigenvalue weighted by Crippen LogP contribution is 2.21. The average molecular weight is 357 g/mol. The molecule has 1 N–H and O–H groups in total. The second-order valence-corrected chi connectivity index (χ2v) is 6.58. The first-order valence-corrected chi connectivity index (χ1v) is 8.27. The van der Waals surface area contributed by atoms with E-state index in [0.29, 0.717) is 12.0 Å². The van der Waals surface area contributed by atoms with Crippen molar-refractivity contribution in [3.8, 4) is 6.07 Å². The molecule has 2 aromatic rings. The Morgan fingerprint density at radius 2 is 2.00 bits per heavy atom. The Morgan fingerprint density at radius 1 is 1.31 bits per heavy atom.